The fourth-order valence-corrected chi connectivity index (χ4v) is 1.99. The van der Waals surface area contributed by atoms with E-state index in [4.69, 9.17) is 4.74 Å². The van der Waals surface area contributed by atoms with Gasteiger partial charge >= 0.3 is 6.03 Å². The number of amides is 3. The van der Waals surface area contributed by atoms with Gasteiger partial charge in [0.15, 0.2) is 0 Å². The molecule has 5 heteroatoms. The van der Waals surface area contributed by atoms with Crippen molar-refractivity contribution in [2.75, 3.05) is 26.3 Å². The molecular formula is C10H16N2O3. The minimum atomic E-state index is -0.358. The summed E-state index contributed by atoms with van der Waals surface area (Å²) < 4.78 is 5.21. The van der Waals surface area contributed by atoms with Crippen LogP contribution >= 0.6 is 0 Å². The third kappa shape index (κ3) is 1.71. The lowest BCUT2D eigenvalue weighted by Crippen LogP contribution is -2.45. The van der Waals surface area contributed by atoms with Gasteiger partial charge in [0.05, 0.1) is 13.2 Å². The average molecular weight is 212 g/mol. The number of hydrogen-bond donors (Lipinski definition) is 0. The van der Waals surface area contributed by atoms with E-state index in [9.17, 15) is 9.59 Å². The van der Waals surface area contributed by atoms with Gasteiger partial charge in [-0.2, -0.15) is 0 Å². The molecule has 84 valence electrons. The smallest absolute Gasteiger partial charge is 0.327 e. The van der Waals surface area contributed by atoms with Crippen LogP contribution in [0.3, 0.4) is 0 Å². The van der Waals surface area contributed by atoms with Gasteiger partial charge in [0.1, 0.15) is 6.04 Å². The molecule has 2 fully saturated rings. The van der Waals surface area contributed by atoms with Gasteiger partial charge in [0, 0.05) is 13.1 Å². The number of fused-ring (bicyclic) bond motifs is 1. The van der Waals surface area contributed by atoms with Gasteiger partial charge in [-0.25, -0.2) is 4.79 Å². The second-order valence-electron chi connectivity index (χ2n) is 3.91. The van der Waals surface area contributed by atoms with Crippen LogP contribution in [0.5, 0.6) is 0 Å². The summed E-state index contributed by atoms with van der Waals surface area (Å²) >= 11 is 0. The third-order valence-electron chi connectivity index (χ3n) is 2.89. The van der Waals surface area contributed by atoms with Crippen molar-refractivity contribution in [2.24, 2.45) is 0 Å². The van der Waals surface area contributed by atoms with Gasteiger partial charge in [-0.15, -0.1) is 0 Å². The number of urea groups is 1. The Morgan fingerprint density at radius 1 is 1.47 bits per heavy atom. The van der Waals surface area contributed by atoms with Crippen LogP contribution < -0.4 is 0 Å². The minimum Gasteiger partial charge on any atom is -0.377 e. The van der Waals surface area contributed by atoms with Crippen LogP contribution in [-0.4, -0.2) is 54.1 Å². The van der Waals surface area contributed by atoms with E-state index in [0.29, 0.717) is 26.3 Å². The maximum Gasteiger partial charge on any atom is 0.327 e. The van der Waals surface area contributed by atoms with Gasteiger partial charge in [-0.3, -0.25) is 9.69 Å². The Morgan fingerprint density at radius 2 is 2.27 bits per heavy atom. The number of morpholine rings is 1. The van der Waals surface area contributed by atoms with Crippen molar-refractivity contribution in [1.82, 2.24) is 9.80 Å². The Morgan fingerprint density at radius 3 is 2.93 bits per heavy atom. The SMILES string of the molecule is CCCCN1C(=O)C2COCCN2C1=O. The van der Waals surface area contributed by atoms with E-state index < -0.39 is 0 Å². The molecule has 2 aliphatic heterocycles. The second-order valence-corrected chi connectivity index (χ2v) is 3.91. The summed E-state index contributed by atoms with van der Waals surface area (Å²) in [6.45, 7) is 4.02. The highest BCUT2D eigenvalue weighted by molar-refractivity contribution is 6.04. The first kappa shape index (κ1) is 10.4. The highest BCUT2D eigenvalue weighted by Gasteiger charge is 2.45. The van der Waals surface area contributed by atoms with Crippen LogP contribution in [0.25, 0.3) is 0 Å². The predicted molar refractivity (Wildman–Crippen MR) is 53.3 cm³/mol. The molecule has 0 N–H and O–H groups in total. The molecule has 0 saturated carbocycles. The van der Waals surface area contributed by atoms with Gasteiger partial charge < -0.3 is 9.64 Å². The largest absolute Gasteiger partial charge is 0.377 e. The molecule has 0 aromatic heterocycles. The second kappa shape index (κ2) is 4.18. The molecule has 3 amide bonds. The van der Waals surface area contributed by atoms with Crippen LogP contribution in [-0.2, 0) is 9.53 Å². The number of ether oxygens (including phenoxy) is 1. The summed E-state index contributed by atoms with van der Waals surface area (Å²) in [5, 5.41) is 0. The molecule has 0 aromatic carbocycles. The molecule has 0 aromatic rings. The lowest BCUT2D eigenvalue weighted by atomic mass is 10.2. The van der Waals surface area contributed by atoms with Crippen LogP contribution in [0.2, 0.25) is 0 Å². The minimum absolute atomic E-state index is 0.0897. The predicted octanol–water partition coefficient (Wildman–Crippen LogP) is 0.449. The number of imide groups is 1. The van der Waals surface area contributed by atoms with Gasteiger partial charge in [0.2, 0.25) is 0 Å². The molecule has 2 heterocycles. The summed E-state index contributed by atoms with van der Waals surface area (Å²) in [6.07, 6.45) is 1.86. The molecule has 2 rings (SSSR count). The van der Waals surface area contributed by atoms with Gasteiger partial charge in [-0.05, 0) is 6.42 Å². The Balaban J connectivity index is 2.07. The Kier molecular flexibility index (Phi) is 2.90. The van der Waals surface area contributed by atoms with Crippen LogP contribution in [0, 0.1) is 0 Å². The highest BCUT2D eigenvalue weighted by atomic mass is 16.5. The van der Waals surface area contributed by atoms with E-state index in [1.54, 1.807) is 4.90 Å². The molecule has 2 aliphatic rings. The number of hydrogen-bond acceptors (Lipinski definition) is 3. The first-order valence-corrected chi connectivity index (χ1v) is 5.45. The molecule has 0 aliphatic carbocycles. The first-order chi connectivity index (χ1) is 7.25. The lowest BCUT2D eigenvalue weighted by Gasteiger charge is -2.26. The summed E-state index contributed by atoms with van der Waals surface area (Å²) in [5.41, 5.74) is 0. The zero-order valence-corrected chi connectivity index (χ0v) is 8.94. The third-order valence-corrected chi connectivity index (χ3v) is 2.89. The van der Waals surface area contributed by atoms with E-state index in [2.05, 4.69) is 0 Å². The van der Waals surface area contributed by atoms with Gasteiger partial charge in [-0.1, -0.05) is 13.3 Å². The van der Waals surface area contributed by atoms with E-state index >= 15 is 0 Å². The molecule has 0 radical (unpaired) electrons. The Bertz CT molecular complexity index is 256. The standard InChI is InChI=1S/C10H16N2O3/c1-2-3-4-12-9(13)8-7-15-6-5-11(8)10(12)14/h8H,2-7H2,1H3. The Hall–Kier alpha value is -1.10. The van der Waals surface area contributed by atoms with Crippen molar-refractivity contribution in [3.8, 4) is 0 Å². The van der Waals surface area contributed by atoms with E-state index in [1.807, 2.05) is 6.92 Å². The molecule has 5 nitrogen and oxygen atoms in total. The highest BCUT2D eigenvalue weighted by Crippen LogP contribution is 2.20. The average Bonchev–Trinajstić information content (AvgIpc) is 2.51. The zero-order valence-electron chi connectivity index (χ0n) is 8.94. The fraction of sp³-hybridized carbons (Fsp3) is 0.800. The van der Waals surface area contributed by atoms with E-state index in [0.717, 1.165) is 12.8 Å². The number of carbonyl (C=O) groups is 2. The molecule has 2 saturated heterocycles. The quantitative estimate of drug-likeness (QED) is 0.638. The summed E-state index contributed by atoms with van der Waals surface area (Å²) in [6, 6.07) is -0.496. The molecular weight excluding hydrogens is 196 g/mol. The van der Waals surface area contributed by atoms with Crippen LogP contribution in [0.15, 0.2) is 0 Å². The maximum absolute atomic E-state index is 11.8. The van der Waals surface area contributed by atoms with Crippen LogP contribution in [0.4, 0.5) is 4.79 Å². The molecule has 15 heavy (non-hydrogen) atoms. The first-order valence-electron chi connectivity index (χ1n) is 5.45. The van der Waals surface area contributed by atoms with Crippen molar-refractivity contribution in [2.45, 2.75) is 25.8 Å². The maximum atomic E-state index is 11.8. The summed E-state index contributed by atoms with van der Waals surface area (Å²) in [7, 11) is 0. The normalized spacial score (nSPS) is 26.1. The van der Waals surface area contributed by atoms with Crippen molar-refractivity contribution < 1.29 is 14.3 Å². The number of rotatable bonds is 3. The number of unbranched alkanes of at least 4 members (excludes halogenated alkanes) is 1. The topological polar surface area (TPSA) is 49.9 Å². The monoisotopic (exact) mass is 212 g/mol. The molecule has 0 bridgehead atoms. The fourth-order valence-electron chi connectivity index (χ4n) is 1.99. The molecule has 1 atom stereocenters. The van der Waals surface area contributed by atoms with Crippen molar-refractivity contribution >= 4 is 11.9 Å². The number of carbonyl (C=O) groups excluding carboxylic acids is 2. The van der Waals surface area contributed by atoms with E-state index in [1.165, 1.54) is 4.90 Å². The van der Waals surface area contributed by atoms with E-state index in [-0.39, 0.29) is 18.0 Å². The summed E-state index contributed by atoms with van der Waals surface area (Å²) in [5.74, 6) is -0.0897. The lowest BCUT2D eigenvalue weighted by molar-refractivity contribution is -0.131. The molecule has 0 spiro atoms. The van der Waals surface area contributed by atoms with Crippen molar-refractivity contribution in [1.29, 1.82) is 0 Å². The molecule has 1 unspecified atom stereocenters. The summed E-state index contributed by atoms with van der Waals surface area (Å²) in [4.78, 5) is 26.7. The van der Waals surface area contributed by atoms with Crippen molar-refractivity contribution in [3.05, 3.63) is 0 Å². The van der Waals surface area contributed by atoms with Gasteiger partial charge in [0.25, 0.3) is 5.91 Å². The van der Waals surface area contributed by atoms with Crippen molar-refractivity contribution in [3.63, 3.8) is 0 Å². The Labute approximate surface area is 89.0 Å². The number of nitrogens with zero attached hydrogens (tertiary/aromatic N) is 2. The van der Waals surface area contributed by atoms with Crippen LogP contribution in [0.1, 0.15) is 19.8 Å². The zero-order chi connectivity index (χ0) is 10.8.